The molecule has 208 valence electrons. The highest BCUT2D eigenvalue weighted by molar-refractivity contribution is 5.98. The fourth-order valence-corrected chi connectivity index (χ4v) is 4.50. The van der Waals surface area contributed by atoms with Gasteiger partial charge in [0.25, 0.3) is 5.91 Å². The van der Waals surface area contributed by atoms with Crippen LogP contribution in [0.15, 0.2) is 60.8 Å². The Bertz CT molecular complexity index is 1200. The molecule has 0 spiro atoms. The van der Waals surface area contributed by atoms with Crippen molar-refractivity contribution >= 4 is 11.8 Å². The number of carbonyl (C=O) groups excluding carboxylic acids is 2. The second kappa shape index (κ2) is 13.5. The zero-order chi connectivity index (χ0) is 28.5. The molecule has 0 radical (unpaired) electrons. The number of nitrogens with zero attached hydrogens (tertiary/aromatic N) is 1. The van der Waals surface area contributed by atoms with E-state index in [0.29, 0.717) is 6.42 Å². The number of hydrogen-bond donors (Lipinski definition) is 3. The molecule has 1 heterocycles. The molecule has 3 rings (SSSR count). The molecule has 0 saturated carbocycles. The summed E-state index contributed by atoms with van der Waals surface area (Å²) in [6.45, 7) is 5.87. The maximum Gasteiger partial charge on any atom is 0.274 e. The van der Waals surface area contributed by atoms with Gasteiger partial charge in [-0.05, 0) is 54.7 Å². The number of hydrogen-bond acceptors (Lipinski definition) is 7. The lowest BCUT2D eigenvalue weighted by atomic mass is 9.85. The molecule has 1 aromatic heterocycles. The predicted molar refractivity (Wildman–Crippen MR) is 149 cm³/mol. The van der Waals surface area contributed by atoms with Crippen LogP contribution >= 0.6 is 0 Å². The first-order chi connectivity index (χ1) is 18.7. The molecule has 0 aliphatic heterocycles. The van der Waals surface area contributed by atoms with E-state index in [0.717, 1.165) is 22.6 Å². The highest BCUT2D eigenvalue weighted by Gasteiger charge is 2.29. The van der Waals surface area contributed by atoms with E-state index in [4.69, 9.17) is 14.2 Å². The van der Waals surface area contributed by atoms with Crippen molar-refractivity contribution in [2.75, 3.05) is 21.3 Å². The number of methoxy groups -OCH3 is 3. The highest BCUT2D eigenvalue weighted by atomic mass is 16.5. The number of carbonyl (C=O) groups is 2. The first-order valence-electron chi connectivity index (χ1n) is 12.8. The normalized spacial score (nSPS) is 12.5. The summed E-state index contributed by atoms with van der Waals surface area (Å²) in [5.74, 6) is 0.133. The molecule has 0 aliphatic carbocycles. The van der Waals surface area contributed by atoms with Crippen LogP contribution in [0, 0.1) is 5.92 Å². The Kier molecular flexibility index (Phi) is 10.1. The van der Waals surface area contributed by atoms with E-state index in [1.54, 1.807) is 14.2 Å². The third-order valence-electron chi connectivity index (χ3n) is 6.47. The molecule has 0 unspecified atom stereocenters. The first kappa shape index (κ1) is 29.3. The van der Waals surface area contributed by atoms with Gasteiger partial charge in [-0.2, -0.15) is 0 Å². The van der Waals surface area contributed by atoms with Gasteiger partial charge >= 0.3 is 0 Å². The fraction of sp³-hybridized carbons (Fsp3) is 0.367. The molecular formula is C30H37N3O6. The zero-order valence-electron chi connectivity index (χ0n) is 23.2. The molecule has 2 aromatic carbocycles. The lowest BCUT2D eigenvalue weighted by molar-refractivity contribution is -0.124. The number of nitrogens with one attached hydrogen (secondary N) is 2. The highest BCUT2D eigenvalue weighted by Crippen LogP contribution is 2.31. The lowest BCUT2D eigenvalue weighted by Gasteiger charge is -2.29. The molecule has 0 aliphatic rings. The van der Waals surface area contributed by atoms with E-state index in [2.05, 4.69) is 15.6 Å². The molecule has 2 amide bonds. The number of aromatic nitrogens is 1. The van der Waals surface area contributed by atoms with Gasteiger partial charge in [-0.15, -0.1) is 0 Å². The second-order valence-corrected chi connectivity index (χ2v) is 9.69. The maximum absolute atomic E-state index is 13.6. The van der Waals surface area contributed by atoms with Gasteiger partial charge in [-0.25, -0.2) is 4.98 Å². The summed E-state index contributed by atoms with van der Waals surface area (Å²) in [7, 11) is 4.61. The Balaban J connectivity index is 1.87. The maximum atomic E-state index is 13.6. The average Bonchev–Trinajstić information content (AvgIpc) is 2.93. The molecule has 3 aromatic rings. The van der Waals surface area contributed by atoms with E-state index < -0.39 is 11.9 Å². The molecule has 2 atom stereocenters. The van der Waals surface area contributed by atoms with Crippen LogP contribution in [0.1, 0.15) is 54.7 Å². The van der Waals surface area contributed by atoms with Crippen LogP contribution in [0.4, 0.5) is 0 Å². The number of aromatic hydroxyl groups is 1. The third-order valence-corrected chi connectivity index (χ3v) is 6.47. The van der Waals surface area contributed by atoms with E-state index in [9.17, 15) is 14.7 Å². The first-order valence-corrected chi connectivity index (χ1v) is 12.8. The van der Waals surface area contributed by atoms with Crippen molar-refractivity contribution in [3.8, 4) is 23.0 Å². The van der Waals surface area contributed by atoms with Gasteiger partial charge in [0, 0.05) is 24.2 Å². The molecule has 0 bridgehead atoms. The van der Waals surface area contributed by atoms with Crippen LogP contribution in [0.3, 0.4) is 0 Å². The fourth-order valence-electron chi connectivity index (χ4n) is 4.50. The summed E-state index contributed by atoms with van der Waals surface area (Å²) in [4.78, 5) is 30.6. The van der Waals surface area contributed by atoms with Crippen molar-refractivity contribution in [2.24, 2.45) is 5.92 Å². The summed E-state index contributed by atoms with van der Waals surface area (Å²) >= 11 is 0. The monoisotopic (exact) mass is 535 g/mol. The van der Waals surface area contributed by atoms with Crippen LogP contribution in [-0.2, 0) is 4.79 Å². The van der Waals surface area contributed by atoms with Crippen LogP contribution in [-0.4, -0.2) is 55.3 Å². The molecule has 9 heteroatoms. The largest absolute Gasteiger partial charge is 0.503 e. The van der Waals surface area contributed by atoms with E-state index in [-0.39, 0.29) is 41.0 Å². The summed E-state index contributed by atoms with van der Waals surface area (Å²) in [5, 5.41) is 16.2. The molecule has 3 N–H and O–H groups in total. The van der Waals surface area contributed by atoms with Crippen LogP contribution in [0.5, 0.6) is 23.0 Å². The molecule has 0 fully saturated rings. The van der Waals surface area contributed by atoms with Gasteiger partial charge < -0.3 is 30.0 Å². The van der Waals surface area contributed by atoms with Crippen molar-refractivity contribution in [3.63, 3.8) is 0 Å². The minimum atomic E-state index is -0.847. The summed E-state index contributed by atoms with van der Waals surface area (Å²) in [5.41, 5.74) is 1.77. The zero-order valence-corrected chi connectivity index (χ0v) is 23.2. The quantitative estimate of drug-likeness (QED) is 0.316. The minimum Gasteiger partial charge on any atom is -0.503 e. The Labute approximate surface area is 229 Å². The van der Waals surface area contributed by atoms with E-state index in [1.807, 2.05) is 69.3 Å². The Morgan fingerprint density at radius 3 is 1.82 bits per heavy atom. The summed E-state index contributed by atoms with van der Waals surface area (Å²) in [6, 6.07) is 15.7. The topological polar surface area (TPSA) is 119 Å². The van der Waals surface area contributed by atoms with Gasteiger partial charge in [-0.3, -0.25) is 9.59 Å². The summed E-state index contributed by atoms with van der Waals surface area (Å²) in [6.07, 6.45) is 1.76. The van der Waals surface area contributed by atoms with Gasteiger partial charge in [0.2, 0.25) is 5.91 Å². The van der Waals surface area contributed by atoms with Crippen molar-refractivity contribution in [3.05, 3.63) is 77.6 Å². The smallest absolute Gasteiger partial charge is 0.274 e. The summed E-state index contributed by atoms with van der Waals surface area (Å²) < 4.78 is 15.7. The molecule has 0 saturated heterocycles. The van der Waals surface area contributed by atoms with Crippen molar-refractivity contribution < 1.29 is 28.9 Å². The van der Waals surface area contributed by atoms with Gasteiger partial charge in [0.05, 0.1) is 21.3 Å². The van der Waals surface area contributed by atoms with Crippen LogP contribution < -0.4 is 24.8 Å². The van der Waals surface area contributed by atoms with Crippen LogP contribution in [0.25, 0.3) is 0 Å². The molecule has 39 heavy (non-hydrogen) atoms. The number of ether oxygens (including phenoxy) is 3. The van der Waals surface area contributed by atoms with E-state index in [1.165, 1.54) is 19.4 Å². The SMILES string of the molecule is COc1ccc(C(c2ccc(OC)cc2)[C@H](C)NC(=O)[C@H](CC(C)C)NC(=O)c2nccc(OC)c2O)cc1. The second-order valence-electron chi connectivity index (χ2n) is 9.69. The van der Waals surface area contributed by atoms with Gasteiger partial charge in [0.1, 0.15) is 17.5 Å². The number of pyridine rings is 1. The standard InChI is InChI=1S/C30H37N3O6/c1-18(2)17-24(33-30(36)27-28(34)25(39-6)15-16-31-27)29(35)32-19(3)26(20-7-11-22(37-4)12-8-20)21-9-13-23(38-5)14-10-21/h7-16,18-19,24,26,34H,17H2,1-6H3,(H,32,35)(H,33,36)/t19-,24-/m0/s1. The number of benzene rings is 2. The van der Waals surface area contributed by atoms with Crippen molar-refractivity contribution in [1.82, 2.24) is 15.6 Å². The van der Waals surface area contributed by atoms with Gasteiger partial charge in [0.15, 0.2) is 17.2 Å². The number of amides is 2. The predicted octanol–water partition coefficient (Wildman–Crippen LogP) is 4.29. The van der Waals surface area contributed by atoms with Crippen LogP contribution in [0.2, 0.25) is 0 Å². The Hall–Kier alpha value is -4.27. The average molecular weight is 536 g/mol. The van der Waals surface area contributed by atoms with E-state index >= 15 is 0 Å². The van der Waals surface area contributed by atoms with Crippen molar-refractivity contribution in [1.29, 1.82) is 0 Å². The van der Waals surface area contributed by atoms with Gasteiger partial charge in [-0.1, -0.05) is 38.1 Å². The molecular weight excluding hydrogens is 498 g/mol. The third kappa shape index (κ3) is 7.40. The lowest BCUT2D eigenvalue weighted by Crippen LogP contribution is -2.51. The number of rotatable bonds is 12. The molecule has 9 nitrogen and oxygen atoms in total. The van der Waals surface area contributed by atoms with Crippen molar-refractivity contribution in [2.45, 2.75) is 45.2 Å². The minimum absolute atomic E-state index is 0.113. The Morgan fingerprint density at radius 1 is 0.821 bits per heavy atom. The Morgan fingerprint density at radius 2 is 1.36 bits per heavy atom.